The Morgan fingerprint density at radius 2 is 1.94 bits per heavy atom. The Hall–Kier alpha value is -3.28. The van der Waals surface area contributed by atoms with Crippen molar-refractivity contribution in [1.82, 2.24) is 4.57 Å². The Morgan fingerprint density at radius 3 is 2.65 bits per heavy atom. The first-order valence-electron chi connectivity index (χ1n) is 10.8. The number of rotatable bonds is 7. The first-order chi connectivity index (χ1) is 14.8. The molecule has 1 saturated carbocycles. The van der Waals surface area contributed by atoms with Crippen LogP contribution in [0.3, 0.4) is 0 Å². The molecule has 6 nitrogen and oxygen atoms in total. The molecule has 1 heterocycles. The molecule has 1 aliphatic rings. The molecule has 31 heavy (non-hydrogen) atoms. The molecule has 1 aliphatic carbocycles. The van der Waals surface area contributed by atoms with E-state index in [2.05, 4.69) is 10.2 Å². The van der Waals surface area contributed by atoms with Crippen molar-refractivity contribution in [1.29, 1.82) is 0 Å². The van der Waals surface area contributed by atoms with Gasteiger partial charge in [-0.25, -0.2) is 0 Å². The molecule has 4 rings (SSSR count). The van der Waals surface area contributed by atoms with Gasteiger partial charge in [-0.3, -0.25) is 9.59 Å². The van der Waals surface area contributed by atoms with E-state index in [-0.39, 0.29) is 17.2 Å². The summed E-state index contributed by atoms with van der Waals surface area (Å²) in [5.74, 6) is 0.0744. The number of carbonyl (C=O) groups excluding carboxylic acids is 1. The summed E-state index contributed by atoms with van der Waals surface area (Å²) in [5, 5.41) is 14.1. The van der Waals surface area contributed by atoms with Gasteiger partial charge in [0.25, 0.3) is 11.5 Å². The molecule has 0 radical (unpaired) electrons. The molecule has 162 valence electrons. The molecule has 0 unspecified atom stereocenters. The van der Waals surface area contributed by atoms with Crippen LogP contribution in [0, 0.1) is 11.8 Å². The van der Waals surface area contributed by atoms with Crippen LogP contribution in [0.1, 0.15) is 37.0 Å². The predicted octanol–water partition coefficient (Wildman–Crippen LogP) is 4.46. The van der Waals surface area contributed by atoms with Gasteiger partial charge in [0.1, 0.15) is 11.3 Å². The zero-order valence-corrected chi connectivity index (χ0v) is 18.3. The van der Waals surface area contributed by atoms with Gasteiger partial charge in [-0.2, -0.15) is 0 Å². The van der Waals surface area contributed by atoms with Crippen LogP contribution in [0.15, 0.2) is 53.3 Å². The Labute approximate surface area is 182 Å². The lowest BCUT2D eigenvalue weighted by molar-refractivity contribution is 0.102. The van der Waals surface area contributed by atoms with Crippen molar-refractivity contribution >= 4 is 28.2 Å². The van der Waals surface area contributed by atoms with Crippen LogP contribution in [0.25, 0.3) is 10.9 Å². The summed E-state index contributed by atoms with van der Waals surface area (Å²) in [7, 11) is 2.04. The maximum Gasteiger partial charge on any atom is 0.267 e. The molecule has 2 N–H and O–H groups in total. The quantitative estimate of drug-likeness (QED) is 0.593. The predicted molar refractivity (Wildman–Crippen MR) is 125 cm³/mol. The summed E-state index contributed by atoms with van der Waals surface area (Å²) < 4.78 is 1.58. The van der Waals surface area contributed by atoms with Crippen LogP contribution in [0.5, 0.6) is 5.75 Å². The molecular weight excluding hydrogens is 390 g/mol. The minimum Gasteiger partial charge on any atom is -0.506 e. The summed E-state index contributed by atoms with van der Waals surface area (Å²) >= 11 is 0. The van der Waals surface area contributed by atoms with E-state index in [0.29, 0.717) is 23.1 Å². The van der Waals surface area contributed by atoms with Crippen molar-refractivity contribution in [3.63, 3.8) is 0 Å². The van der Waals surface area contributed by atoms with E-state index in [0.717, 1.165) is 18.2 Å². The van der Waals surface area contributed by atoms with E-state index in [1.807, 2.05) is 45.2 Å². The monoisotopic (exact) mass is 419 g/mol. The second-order valence-corrected chi connectivity index (χ2v) is 8.88. The fraction of sp³-hybridized carbons (Fsp3) is 0.360. The topological polar surface area (TPSA) is 74.6 Å². The number of aromatic nitrogens is 1. The van der Waals surface area contributed by atoms with Crippen molar-refractivity contribution in [2.24, 2.45) is 11.8 Å². The Bertz CT molecular complexity index is 1180. The Kier molecular flexibility index (Phi) is 5.72. The van der Waals surface area contributed by atoms with Crippen molar-refractivity contribution in [2.75, 3.05) is 23.8 Å². The molecule has 3 aromatic rings. The number of nitrogens with one attached hydrogen (secondary N) is 1. The maximum absolute atomic E-state index is 13.2. The molecule has 0 bridgehead atoms. The van der Waals surface area contributed by atoms with E-state index < -0.39 is 11.5 Å². The largest absolute Gasteiger partial charge is 0.506 e. The zero-order valence-electron chi connectivity index (χ0n) is 18.3. The number of carbonyl (C=O) groups is 1. The lowest BCUT2D eigenvalue weighted by atomic mass is 10.1. The van der Waals surface area contributed by atoms with Crippen molar-refractivity contribution in [2.45, 2.75) is 33.2 Å². The summed E-state index contributed by atoms with van der Waals surface area (Å²) in [4.78, 5) is 28.5. The fourth-order valence-electron chi connectivity index (χ4n) is 3.95. The van der Waals surface area contributed by atoms with Gasteiger partial charge in [-0.05, 0) is 55.0 Å². The SMILES string of the molecule is CC(C)Cn1c(=O)c(C(=O)Nc2cccc(N(C)CC3CC3)c2)c(O)c2ccccc21. The van der Waals surface area contributed by atoms with Crippen LogP contribution in [0.4, 0.5) is 11.4 Å². The van der Waals surface area contributed by atoms with Gasteiger partial charge in [0.2, 0.25) is 0 Å². The highest BCUT2D eigenvalue weighted by Crippen LogP contribution is 2.32. The number of amides is 1. The fourth-order valence-corrected chi connectivity index (χ4v) is 3.95. The molecular formula is C25H29N3O3. The molecule has 0 spiro atoms. The first kappa shape index (κ1) is 21.0. The van der Waals surface area contributed by atoms with Gasteiger partial charge in [0, 0.05) is 36.9 Å². The van der Waals surface area contributed by atoms with Gasteiger partial charge < -0.3 is 19.9 Å². The minimum absolute atomic E-state index is 0.209. The lowest BCUT2D eigenvalue weighted by Crippen LogP contribution is -2.31. The third kappa shape index (κ3) is 4.43. The van der Waals surface area contributed by atoms with Crippen LogP contribution < -0.4 is 15.8 Å². The molecule has 0 atom stereocenters. The summed E-state index contributed by atoms with van der Waals surface area (Å²) in [6, 6.07) is 14.7. The molecule has 0 aliphatic heterocycles. The number of hydrogen-bond acceptors (Lipinski definition) is 4. The van der Waals surface area contributed by atoms with Crippen molar-refractivity contribution in [3.8, 4) is 5.75 Å². The van der Waals surface area contributed by atoms with Gasteiger partial charge in [0.15, 0.2) is 0 Å². The van der Waals surface area contributed by atoms with Crippen LogP contribution in [0.2, 0.25) is 0 Å². The standard InChI is InChI=1S/C25H29N3O3/c1-16(2)14-28-21-10-5-4-9-20(21)23(29)22(25(28)31)24(30)26-18-7-6-8-19(13-18)27(3)15-17-11-12-17/h4-10,13,16-17,29H,11-12,14-15H2,1-3H3,(H,26,30). The number of pyridine rings is 1. The Morgan fingerprint density at radius 1 is 1.19 bits per heavy atom. The second-order valence-electron chi connectivity index (χ2n) is 8.88. The average Bonchev–Trinajstić information content (AvgIpc) is 3.55. The first-order valence-corrected chi connectivity index (χ1v) is 10.8. The number of benzene rings is 2. The number of aromatic hydroxyl groups is 1. The number of fused-ring (bicyclic) bond motifs is 1. The lowest BCUT2D eigenvalue weighted by Gasteiger charge is -2.20. The van der Waals surface area contributed by atoms with E-state index in [9.17, 15) is 14.7 Å². The number of hydrogen-bond donors (Lipinski definition) is 2. The molecule has 2 aromatic carbocycles. The van der Waals surface area contributed by atoms with Gasteiger partial charge in [-0.1, -0.05) is 32.0 Å². The highest BCUT2D eigenvalue weighted by Gasteiger charge is 2.24. The van der Waals surface area contributed by atoms with Gasteiger partial charge in [0.05, 0.1) is 5.52 Å². The highest BCUT2D eigenvalue weighted by atomic mass is 16.3. The summed E-state index contributed by atoms with van der Waals surface area (Å²) in [6.07, 6.45) is 2.54. The van der Waals surface area contributed by atoms with Gasteiger partial charge in [-0.15, -0.1) is 0 Å². The van der Waals surface area contributed by atoms with E-state index in [1.54, 1.807) is 28.8 Å². The second kappa shape index (κ2) is 8.46. The average molecular weight is 420 g/mol. The summed E-state index contributed by atoms with van der Waals surface area (Å²) in [5.41, 5.74) is 1.51. The highest BCUT2D eigenvalue weighted by molar-refractivity contribution is 6.09. The normalized spacial score (nSPS) is 13.5. The molecule has 1 amide bonds. The number of para-hydroxylation sites is 1. The summed E-state index contributed by atoms with van der Waals surface area (Å²) in [6.45, 7) is 5.47. The smallest absolute Gasteiger partial charge is 0.267 e. The Balaban J connectivity index is 1.69. The third-order valence-electron chi connectivity index (χ3n) is 5.69. The molecule has 6 heteroatoms. The van der Waals surface area contributed by atoms with E-state index in [4.69, 9.17) is 0 Å². The van der Waals surface area contributed by atoms with E-state index in [1.165, 1.54) is 12.8 Å². The number of nitrogens with zero attached hydrogens (tertiary/aromatic N) is 2. The minimum atomic E-state index is -0.604. The van der Waals surface area contributed by atoms with Crippen LogP contribution in [-0.2, 0) is 6.54 Å². The third-order valence-corrected chi connectivity index (χ3v) is 5.69. The van der Waals surface area contributed by atoms with Crippen LogP contribution >= 0.6 is 0 Å². The molecule has 1 fully saturated rings. The molecule has 0 saturated heterocycles. The number of anilines is 2. The van der Waals surface area contributed by atoms with Crippen LogP contribution in [-0.4, -0.2) is 29.2 Å². The van der Waals surface area contributed by atoms with E-state index >= 15 is 0 Å². The zero-order chi connectivity index (χ0) is 22.1. The van der Waals surface area contributed by atoms with Crippen molar-refractivity contribution in [3.05, 3.63) is 64.4 Å². The van der Waals surface area contributed by atoms with Crippen molar-refractivity contribution < 1.29 is 9.90 Å². The molecule has 1 aromatic heterocycles. The maximum atomic E-state index is 13.2. The van der Waals surface area contributed by atoms with Gasteiger partial charge >= 0.3 is 0 Å².